The Bertz CT molecular complexity index is 2010. The Labute approximate surface area is 269 Å². The molecular formula is C43H31N3. The molecule has 3 nitrogen and oxygen atoms in total. The number of nitrogens with zero attached hydrogens (tertiary/aromatic N) is 3. The maximum absolute atomic E-state index is 2.46. The van der Waals surface area contributed by atoms with Gasteiger partial charge in [0.2, 0.25) is 0 Å². The van der Waals surface area contributed by atoms with Crippen LogP contribution in [0.25, 0.3) is 0 Å². The minimum absolute atomic E-state index is 0.0910. The van der Waals surface area contributed by atoms with Crippen LogP contribution in [0.5, 0.6) is 0 Å². The molecule has 0 unspecified atom stereocenters. The van der Waals surface area contributed by atoms with E-state index < -0.39 is 0 Å². The Balaban J connectivity index is 1.41. The smallest absolute Gasteiger partial charge is 0.0545 e. The Hall–Kier alpha value is -6.06. The highest BCUT2D eigenvalue weighted by atomic mass is 15.2. The Morgan fingerprint density at radius 3 is 1.15 bits per heavy atom. The zero-order chi connectivity index (χ0) is 30.5. The van der Waals surface area contributed by atoms with Crippen molar-refractivity contribution in [2.24, 2.45) is 0 Å². The Kier molecular flexibility index (Phi) is 6.20. The molecule has 0 aliphatic carbocycles. The highest BCUT2D eigenvalue weighted by Gasteiger charge is 2.41. The van der Waals surface area contributed by atoms with Crippen LogP contribution in [0.1, 0.15) is 22.6 Å². The van der Waals surface area contributed by atoms with Gasteiger partial charge in [-0.25, -0.2) is 0 Å². The number of anilines is 9. The van der Waals surface area contributed by atoms with E-state index in [0.717, 1.165) is 28.4 Å². The first kappa shape index (κ1) is 26.4. The number of para-hydroxylation sites is 6. The summed E-state index contributed by atoms with van der Waals surface area (Å²) in [6.07, 6.45) is 0. The zero-order valence-electron chi connectivity index (χ0n) is 25.2. The standard InChI is InChI=1S/C43H31N3/c1-5-17-31(18-6-1)44(32-19-7-2-8-20-32)35-29-40-43-41(30-35)46(34-23-11-4-12-24-34)39-28-16-14-26-37(39)42(43)36-25-13-15-27-38(36)45(40)33-21-9-3-10-22-33/h1-30,42H. The van der Waals surface area contributed by atoms with Crippen molar-refractivity contribution >= 4 is 51.2 Å². The molecule has 0 atom stereocenters. The van der Waals surface area contributed by atoms with Gasteiger partial charge >= 0.3 is 0 Å². The van der Waals surface area contributed by atoms with Crippen molar-refractivity contribution in [1.29, 1.82) is 0 Å². The van der Waals surface area contributed by atoms with Gasteiger partial charge in [0.05, 0.1) is 28.4 Å². The summed E-state index contributed by atoms with van der Waals surface area (Å²) < 4.78 is 0. The SMILES string of the molecule is c1ccc(N(c2ccccc2)c2cc3c4c(c2)N(c2ccccc2)c2ccccc2C4c2ccccc2N3c2ccccc2)cc1. The first-order chi connectivity index (χ1) is 22.9. The second-order valence-electron chi connectivity index (χ2n) is 11.8. The zero-order valence-corrected chi connectivity index (χ0v) is 25.2. The monoisotopic (exact) mass is 589 g/mol. The van der Waals surface area contributed by atoms with Crippen molar-refractivity contribution in [2.45, 2.75) is 5.92 Å². The molecule has 2 heterocycles. The first-order valence-electron chi connectivity index (χ1n) is 15.8. The van der Waals surface area contributed by atoms with E-state index in [2.05, 4.69) is 197 Å². The van der Waals surface area contributed by atoms with Crippen LogP contribution in [-0.2, 0) is 0 Å². The van der Waals surface area contributed by atoms with Crippen LogP contribution in [0, 0.1) is 0 Å². The van der Waals surface area contributed by atoms with Gasteiger partial charge in [-0.2, -0.15) is 0 Å². The molecule has 0 fully saturated rings. The molecule has 0 N–H and O–H groups in total. The molecule has 2 aliphatic rings. The molecule has 0 spiro atoms. The lowest BCUT2D eigenvalue weighted by Crippen LogP contribution is -2.29. The summed E-state index contributed by atoms with van der Waals surface area (Å²) >= 11 is 0. The molecule has 9 rings (SSSR count). The van der Waals surface area contributed by atoms with Crippen molar-refractivity contribution in [2.75, 3.05) is 14.7 Å². The predicted octanol–water partition coefficient (Wildman–Crippen LogP) is 11.9. The molecule has 218 valence electrons. The molecule has 46 heavy (non-hydrogen) atoms. The van der Waals surface area contributed by atoms with Crippen LogP contribution < -0.4 is 14.7 Å². The molecule has 2 aliphatic heterocycles. The molecule has 0 bridgehead atoms. The van der Waals surface area contributed by atoms with Gasteiger partial charge in [-0.05, 0) is 83.9 Å². The third-order valence-corrected chi connectivity index (χ3v) is 9.18. The van der Waals surface area contributed by atoms with Crippen LogP contribution in [0.2, 0.25) is 0 Å². The summed E-state index contributed by atoms with van der Waals surface area (Å²) in [6, 6.07) is 65.6. The summed E-state index contributed by atoms with van der Waals surface area (Å²) in [4.78, 5) is 7.29. The molecule has 3 heteroatoms. The van der Waals surface area contributed by atoms with Gasteiger partial charge in [0.1, 0.15) is 0 Å². The first-order valence-corrected chi connectivity index (χ1v) is 15.8. The third kappa shape index (κ3) is 4.13. The number of hydrogen-bond acceptors (Lipinski definition) is 3. The molecule has 0 saturated heterocycles. The van der Waals surface area contributed by atoms with E-state index in [1.165, 1.54) is 39.4 Å². The van der Waals surface area contributed by atoms with E-state index in [4.69, 9.17) is 0 Å². The molecule has 7 aromatic carbocycles. The van der Waals surface area contributed by atoms with E-state index in [-0.39, 0.29) is 5.92 Å². The largest absolute Gasteiger partial charge is 0.310 e. The molecule has 0 aromatic heterocycles. The summed E-state index contributed by atoms with van der Waals surface area (Å²) in [5.41, 5.74) is 14.4. The fourth-order valence-electron chi connectivity index (χ4n) is 7.32. The number of rotatable bonds is 5. The van der Waals surface area contributed by atoms with Crippen LogP contribution >= 0.6 is 0 Å². The molecular weight excluding hydrogens is 558 g/mol. The van der Waals surface area contributed by atoms with E-state index in [0.29, 0.717) is 0 Å². The summed E-state index contributed by atoms with van der Waals surface area (Å²) in [6.45, 7) is 0. The second-order valence-corrected chi connectivity index (χ2v) is 11.8. The average Bonchev–Trinajstić information content (AvgIpc) is 3.13. The van der Waals surface area contributed by atoms with E-state index in [9.17, 15) is 0 Å². The molecule has 0 saturated carbocycles. The van der Waals surface area contributed by atoms with Gasteiger partial charge in [0.15, 0.2) is 0 Å². The van der Waals surface area contributed by atoms with Crippen molar-refractivity contribution < 1.29 is 0 Å². The highest BCUT2D eigenvalue weighted by molar-refractivity contribution is 5.99. The van der Waals surface area contributed by atoms with Gasteiger partial charge < -0.3 is 14.7 Å². The van der Waals surface area contributed by atoms with E-state index in [1.807, 2.05) is 0 Å². The minimum atomic E-state index is 0.0910. The fraction of sp³-hybridized carbons (Fsp3) is 0.0233. The van der Waals surface area contributed by atoms with Crippen LogP contribution in [-0.4, -0.2) is 0 Å². The van der Waals surface area contributed by atoms with E-state index in [1.54, 1.807) is 0 Å². The number of hydrogen-bond donors (Lipinski definition) is 0. The quantitative estimate of drug-likeness (QED) is 0.198. The van der Waals surface area contributed by atoms with Gasteiger partial charge in [-0.15, -0.1) is 0 Å². The van der Waals surface area contributed by atoms with Gasteiger partial charge in [0, 0.05) is 34.2 Å². The number of fused-ring (bicyclic) bond motifs is 4. The predicted molar refractivity (Wildman–Crippen MR) is 191 cm³/mol. The highest BCUT2D eigenvalue weighted by Crippen LogP contribution is 2.61. The van der Waals surface area contributed by atoms with Crippen molar-refractivity contribution in [1.82, 2.24) is 0 Å². The average molecular weight is 590 g/mol. The van der Waals surface area contributed by atoms with E-state index >= 15 is 0 Å². The fourth-order valence-corrected chi connectivity index (χ4v) is 7.32. The van der Waals surface area contributed by atoms with Crippen LogP contribution in [0.3, 0.4) is 0 Å². The third-order valence-electron chi connectivity index (χ3n) is 9.18. The molecule has 0 radical (unpaired) electrons. The van der Waals surface area contributed by atoms with Crippen LogP contribution in [0.15, 0.2) is 182 Å². The lowest BCUT2D eigenvalue weighted by Gasteiger charge is -2.45. The minimum Gasteiger partial charge on any atom is -0.310 e. The maximum atomic E-state index is 2.46. The summed E-state index contributed by atoms with van der Waals surface area (Å²) in [5, 5.41) is 0. The van der Waals surface area contributed by atoms with Crippen LogP contribution in [0.4, 0.5) is 51.2 Å². The maximum Gasteiger partial charge on any atom is 0.0545 e. The topological polar surface area (TPSA) is 9.72 Å². The normalized spacial score (nSPS) is 13.0. The molecule has 0 amide bonds. The lowest BCUT2D eigenvalue weighted by molar-refractivity contribution is 0.908. The molecule has 7 aromatic rings. The van der Waals surface area contributed by atoms with Gasteiger partial charge in [0.25, 0.3) is 0 Å². The van der Waals surface area contributed by atoms with Gasteiger partial charge in [-0.3, -0.25) is 0 Å². The number of benzene rings is 7. The second kappa shape index (κ2) is 10.8. The van der Waals surface area contributed by atoms with Gasteiger partial charge in [-0.1, -0.05) is 109 Å². The lowest BCUT2D eigenvalue weighted by atomic mass is 9.75. The van der Waals surface area contributed by atoms with Crippen molar-refractivity contribution in [3.8, 4) is 0 Å². The Morgan fingerprint density at radius 2 is 0.717 bits per heavy atom. The van der Waals surface area contributed by atoms with Crippen molar-refractivity contribution in [3.05, 3.63) is 199 Å². The Morgan fingerprint density at radius 1 is 0.348 bits per heavy atom. The summed E-state index contributed by atoms with van der Waals surface area (Å²) in [7, 11) is 0. The summed E-state index contributed by atoms with van der Waals surface area (Å²) in [5.74, 6) is 0.0910. The van der Waals surface area contributed by atoms with Crippen molar-refractivity contribution in [3.63, 3.8) is 0 Å².